The molecule has 0 aliphatic heterocycles. The van der Waals surface area contributed by atoms with Crippen LogP contribution in [0.5, 0.6) is 11.5 Å². The van der Waals surface area contributed by atoms with Gasteiger partial charge in [-0.25, -0.2) is 4.98 Å². The number of ether oxygens (including phenoxy) is 1. The van der Waals surface area contributed by atoms with E-state index >= 15 is 0 Å². The molecule has 4 nitrogen and oxygen atoms in total. The first-order chi connectivity index (χ1) is 18.8. The predicted molar refractivity (Wildman–Crippen MR) is 154 cm³/mol. The van der Waals surface area contributed by atoms with E-state index in [9.17, 15) is 0 Å². The fourth-order valence-corrected chi connectivity index (χ4v) is 5.23. The standard InChI is InChI=1S/C34H20N2O2/c1-2-7-25-20-35-31(18-22(25)6-1)23-8-5-9-26(16-23)37-27-15-14-21-12-13-24-17-30-28-10-3-4-11-32(28)38-34(30)36-33(24)29(21)19-27/h1-20H. The second kappa shape index (κ2) is 8.15. The first-order valence-electron chi connectivity index (χ1n) is 12.6. The fraction of sp³-hybridized carbons (Fsp3) is 0. The lowest BCUT2D eigenvalue weighted by molar-refractivity contribution is 0.483. The number of pyridine rings is 2. The molecule has 3 aromatic heterocycles. The normalized spacial score (nSPS) is 11.7. The van der Waals surface area contributed by atoms with Crippen LogP contribution in [0.25, 0.3) is 65.8 Å². The minimum absolute atomic E-state index is 0.646. The molecule has 4 heteroatoms. The van der Waals surface area contributed by atoms with E-state index in [-0.39, 0.29) is 0 Å². The van der Waals surface area contributed by atoms with Crippen LogP contribution in [0.3, 0.4) is 0 Å². The highest BCUT2D eigenvalue weighted by molar-refractivity contribution is 6.13. The maximum atomic E-state index is 6.34. The van der Waals surface area contributed by atoms with Gasteiger partial charge in [-0.3, -0.25) is 4.98 Å². The van der Waals surface area contributed by atoms with Crippen molar-refractivity contribution in [3.8, 4) is 22.8 Å². The second-order valence-electron chi connectivity index (χ2n) is 9.51. The molecule has 0 fully saturated rings. The molecule has 38 heavy (non-hydrogen) atoms. The average Bonchev–Trinajstić information content (AvgIpc) is 3.33. The van der Waals surface area contributed by atoms with Gasteiger partial charge in [0.1, 0.15) is 17.1 Å². The van der Waals surface area contributed by atoms with E-state index < -0.39 is 0 Å². The Morgan fingerprint density at radius 3 is 2.34 bits per heavy atom. The minimum Gasteiger partial charge on any atom is -0.457 e. The zero-order valence-electron chi connectivity index (χ0n) is 20.3. The van der Waals surface area contributed by atoms with Gasteiger partial charge >= 0.3 is 0 Å². The lowest BCUT2D eigenvalue weighted by Gasteiger charge is -2.10. The van der Waals surface area contributed by atoms with Crippen LogP contribution >= 0.6 is 0 Å². The molecule has 0 bridgehead atoms. The van der Waals surface area contributed by atoms with E-state index in [0.29, 0.717) is 5.71 Å². The zero-order chi connectivity index (χ0) is 25.1. The molecule has 0 spiro atoms. The third-order valence-electron chi connectivity index (χ3n) is 7.12. The molecular formula is C34H20N2O2. The molecule has 0 aliphatic rings. The Morgan fingerprint density at radius 2 is 1.37 bits per heavy atom. The van der Waals surface area contributed by atoms with Crippen molar-refractivity contribution in [2.45, 2.75) is 0 Å². The van der Waals surface area contributed by atoms with Crippen molar-refractivity contribution >= 4 is 54.5 Å². The summed E-state index contributed by atoms with van der Waals surface area (Å²) in [7, 11) is 0. The van der Waals surface area contributed by atoms with Crippen molar-refractivity contribution in [2.75, 3.05) is 0 Å². The van der Waals surface area contributed by atoms with E-state index in [1.54, 1.807) is 0 Å². The van der Waals surface area contributed by atoms with Crippen molar-refractivity contribution < 1.29 is 9.15 Å². The van der Waals surface area contributed by atoms with Crippen LogP contribution in [-0.2, 0) is 0 Å². The molecule has 8 rings (SSSR count). The highest BCUT2D eigenvalue weighted by atomic mass is 16.5. The third-order valence-corrected chi connectivity index (χ3v) is 7.12. The Labute approximate surface area is 217 Å². The monoisotopic (exact) mass is 488 g/mol. The first-order valence-corrected chi connectivity index (χ1v) is 12.6. The van der Waals surface area contributed by atoms with Crippen molar-refractivity contribution in [1.82, 2.24) is 9.97 Å². The molecule has 0 aliphatic carbocycles. The Bertz CT molecular complexity index is 2180. The maximum absolute atomic E-state index is 6.34. The summed E-state index contributed by atoms with van der Waals surface area (Å²) in [5.74, 6) is 1.50. The van der Waals surface area contributed by atoms with Crippen LogP contribution in [0.1, 0.15) is 0 Å². The van der Waals surface area contributed by atoms with E-state index in [1.807, 2.05) is 60.8 Å². The number of furan rings is 1. The SMILES string of the molecule is c1cc(Oc2ccc3ccc4cc5c(nc4c3c2)oc2ccccc25)cc(-c2cc3ccccc3cn2)c1. The number of rotatable bonds is 3. The van der Waals surface area contributed by atoms with E-state index in [4.69, 9.17) is 14.1 Å². The van der Waals surface area contributed by atoms with Crippen LogP contribution in [0.2, 0.25) is 0 Å². The molecule has 178 valence electrons. The summed E-state index contributed by atoms with van der Waals surface area (Å²) >= 11 is 0. The van der Waals surface area contributed by atoms with Gasteiger partial charge in [-0.1, -0.05) is 72.8 Å². The summed E-state index contributed by atoms with van der Waals surface area (Å²) in [4.78, 5) is 9.61. The molecule has 0 N–H and O–H groups in total. The molecule has 8 aromatic rings. The molecule has 3 heterocycles. The van der Waals surface area contributed by atoms with Crippen LogP contribution in [-0.4, -0.2) is 9.97 Å². The lowest BCUT2D eigenvalue weighted by atomic mass is 10.0. The Morgan fingerprint density at radius 1 is 0.553 bits per heavy atom. The van der Waals surface area contributed by atoms with Crippen molar-refractivity contribution in [3.63, 3.8) is 0 Å². The Balaban J connectivity index is 1.20. The quantitative estimate of drug-likeness (QED) is 0.233. The second-order valence-corrected chi connectivity index (χ2v) is 9.51. The number of nitrogens with zero attached hydrogens (tertiary/aromatic N) is 2. The number of para-hydroxylation sites is 1. The van der Waals surface area contributed by atoms with E-state index in [2.05, 4.69) is 65.6 Å². The number of benzene rings is 5. The number of fused-ring (bicyclic) bond motifs is 7. The van der Waals surface area contributed by atoms with Gasteiger partial charge in [0.05, 0.1) is 11.2 Å². The molecule has 0 unspecified atom stereocenters. The largest absolute Gasteiger partial charge is 0.457 e. The van der Waals surface area contributed by atoms with Gasteiger partial charge in [-0.15, -0.1) is 0 Å². The van der Waals surface area contributed by atoms with Crippen molar-refractivity contribution in [1.29, 1.82) is 0 Å². The Hall–Kier alpha value is -5.22. The van der Waals surface area contributed by atoms with Gasteiger partial charge in [0.15, 0.2) is 0 Å². The molecule has 0 atom stereocenters. The summed E-state index contributed by atoms with van der Waals surface area (Å²) in [6.07, 6.45) is 1.92. The molecule has 0 saturated carbocycles. The summed E-state index contributed by atoms with van der Waals surface area (Å²) in [5, 5.41) is 7.58. The maximum Gasteiger partial charge on any atom is 0.227 e. The van der Waals surface area contributed by atoms with Gasteiger partial charge in [0.2, 0.25) is 5.71 Å². The van der Waals surface area contributed by atoms with Gasteiger partial charge in [-0.05, 0) is 53.2 Å². The number of hydrogen-bond acceptors (Lipinski definition) is 4. The number of hydrogen-bond donors (Lipinski definition) is 0. The smallest absolute Gasteiger partial charge is 0.227 e. The predicted octanol–water partition coefficient (Wildman–Crippen LogP) is 9.29. The number of aromatic nitrogens is 2. The Kier molecular flexibility index (Phi) is 4.49. The zero-order valence-corrected chi connectivity index (χ0v) is 20.3. The lowest BCUT2D eigenvalue weighted by Crippen LogP contribution is -1.88. The van der Waals surface area contributed by atoms with Crippen LogP contribution in [0.15, 0.2) is 126 Å². The molecule has 5 aromatic carbocycles. The van der Waals surface area contributed by atoms with Crippen LogP contribution in [0.4, 0.5) is 0 Å². The summed E-state index contributed by atoms with van der Waals surface area (Å²) in [6, 6.07) is 39.0. The fourth-order valence-electron chi connectivity index (χ4n) is 5.23. The van der Waals surface area contributed by atoms with E-state index in [1.165, 1.54) is 0 Å². The van der Waals surface area contributed by atoms with Crippen molar-refractivity contribution in [3.05, 3.63) is 121 Å². The van der Waals surface area contributed by atoms with Gasteiger partial charge in [0, 0.05) is 38.7 Å². The summed E-state index contributed by atoms with van der Waals surface area (Å²) < 4.78 is 12.4. The van der Waals surface area contributed by atoms with E-state index in [0.717, 1.165) is 71.6 Å². The molecular weight excluding hydrogens is 468 g/mol. The van der Waals surface area contributed by atoms with Crippen LogP contribution < -0.4 is 4.74 Å². The van der Waals surface area contributed by atoms with Gasteiger partial charge in [-0.2, -0.15) is 0 Å². The topological polar surface area (TPSA) is 48.2 Å². The highest BCUT2D eigenvalue weighted by Crippen LogP contribution is 2.35. The summed E-state index contributed by atoms with van der Waals surface area (Å²) in [5.41, 5.74) is 4.31. The average molecular weight is 489 g/mol. The summed E-state index contributed by atoms with van der Waals surface area (Å²) in [6.45, 7) is 0. The first kappa shape index (κ1) is 20.9. The molecule has 0 amide bonds. The van der Waals surface area contributed by atoms with Crippen molar-refractivity contribution in [2.24, 2.45) is 0 Å². The highest BCUT2D eigenvalue weighted by Gasteiger charge is 2.12. The third kappa shape index (κ3) is 3.39. The van der Waals surface area contributed by atoms with Crippen LogP contribution in [0, 0.1) is 0 Å². The minimum atomic E-state index is 0.646. The van der Waals surface area contributed by atoms with Gasteiger partial charge < -0.3 is 9.15 Å². The van der Waals surface area contributed by atoms with Gasteiger partial charge in [0.25, 0.3) is 0 Å². The molecule has 0 saturated heterocycles. The molecule has 0 radical (unpaired) electrons.